The largest absolute Gasteiger partial charge is 0.495 e. The molecule has 1 saturated carbocycles. The zero-order valence-electron chi connectivity index (χ0n) is 15.8. The maximum absolute atomic E-state index is 12.6. The third kappa shape index (κ3) is 5.19. The average molecular weight is 483 g/mol. The summed E-state index contributed by atoms with van der Waals surface area (Å²) < 4.78 is 33.8. The van der Waals surface area contributed by atoms with E-state index < -0.39 is 15.9 Å². The lowest BCUT2D eigenvalue weighted by molar-refractivity contribution is 0.102. The van der Waals surface area contributed by atoms with E-state index in [9.17, 15) is 13.2 Å². The van der Waals surface area contributed by atoms with E-state index in [0.717, 1.165) is 22.9 Å². The Morgan fingerprint density at radius 3 is 2.83 bits per heavy atom. The number of methoxy groups -OCH3 is 1. The highest BCUT2D eigenvalue weighted by atomic mass is 32.2. The van der Waals surface area contributed by atoms with Crippen LogP contribution in [0.25, 0.3) is 0 Å². The minimum atomic E-state index is -3.78. The summed E-state index contributed by atoms with van der Waals surface area (Å²) in [6, 6.07) is 8.29. The Bertz CT molecular complexity index is 1140. The third-order valence-corrected chi connectivity index (χ3v) is 8.78. The van der Waals surface area contributed by atoms with Crippen LogP contribution in [0.1, 0.15) is 28.1 Å². The number of benzene rings is 1. The molecule has 1 fully saturated rings. The summed E-state index contributed by atoms with van der Waals surface area (Å²) in [6.07, 6.45) is 1.62. The lowest BCUT2D eigenvalue weighted by Crippen LogP contribution is -2.26. The predicted molar refractivity (Wildman–Crippen MR) is 118 cm³/mol. The summed E-state index contributed by atoms with van der Waals surface area (Å²) in [5, 5.41) is 13.1. The molecule has 1 aliphatic rings. The quantitative estimate of drug-likeness (QED) is 0.354. The standard InChI is InChI=1S/C18H18N4O4S4/c1-26-14-7-4-11(9-15(14)30(24,25)22-12-5-6-12)16(23)19-17-20-21-18(29-17)28-10-13-3-2-8-27-13/h2-4,7-9,12,22H,5-6,10H2,1H3,(H,19,20,23). The zero-order chi connectivity index (χ0) is 21.1. The number of ether oxygens (including phenoxy) is 1. The van der Waals surface area contributed by atoms with Crippen LogP contribution in [-0.4, -0.2) is 37.7 Å². The molecule has 1 aromatic carbocycles. The van der Waals surface area contributed by atoms with Crippen molar-refractivity contribution in [3.05, 3.63) is 46.2 Å². The van der Waals surface area contributed by atoms with E-state index in [2.05, 4.69) is 26.3 Å². The normalized spacial score (nSPS) is 13.9. The van der Waals surface area contributed by atoms with Crippen LogP contribution in [-0.2, 0) is 15.8 Å². The monoisotopic (exact) mass is 482 g/mol. The van der Waals surface area contributed by atoms with Crippen LogP contribution < -0.4 is 14.8 Å². The van der Waals surface area contributed by atoms with Gasteiger partial charge >= 0.3 is 0 Å². The Labute approximate surface area is 186 Å². The van der Waals surface area contributed by atoms with Crippen molar-refractivity contribution in [1.29, 1.82) is 0 Å². The fraction of sp³-hybridized carbons (Fsp3) is 0.278. The zero-order valence-corrected chi connectivity index (χ0v) is 19.1. The van der Waals surface area contributed by atoms with Crippen LogP contribution in [0, 0.1) is 0 Å². The second kappa shape index (κ2) is 9.02. The Balaban J connectivity index is 1.46. The Morgan fingerprint density at radius 2 is 2.13 bits per heavy atom. The molecule has 0 aliphatic heterocycles. The minimum absolute atomic E-state index is 0.0521. The maximum atomic E-state index is 12.6. The fourth-order valence-corrected chi connectivity index (χ4v) is 6.55. The van der Waals surface area contributed by atoms with Crippen LogP contribution >= 0.6 is 34.4 Å². The molecule has 0 radical (unpaired) electrons. The first-order chi connectivity index (χ1) is 14.4. The number of rotatable bonds is 9. The van der Waals surface area contributed by atoms with Crippen molar-refractivity contribution in [2.75, 3.05) is 12.4 Å². The molecule has 2 heterocycles. The van der Waals surface area contributed by atoms with Crippen molar-refractivity contribution in [3.63, 3.8) is 0 Å². The van der Waals surface area contributed by atoms with Crippen LogP contribution in [0.15, 0.2) is 44.9 Å². The number of nitrogens with one attached hydrogen (secondary N) is 2. The van der Waals surface area contributed by atoms with E-state index in [0.29, 0.717) is 5.13 Å². The van der Waals surface area contributed by atoms with E-state index in [1.807, 2.05) is 11.4 Å². The molecule has 12 heteroatoms. The molecule has 2 N–H and O–H groups in total. The number of thioether (sulfide) groups is 1. The van der Waals surface area contributed by atoms with Gasteiger partial charge in [-0.1, -0.05) is 29.2 Å². The molecule has 0 spiro atoms. The molecule has 0 bridgehead atoms. The van der Waals surface area contributed by atoms with Gasteiger partial charge in [0.2, 0.25) is 15.2 Å². The van der Waals surface area contributed by atoms with Gasteiger partial charge in [-0.25, -0.2) is 13.1 Å². The highest BCUT2D eigenvalue weighted by Gasteiger charge is 2.30. The van der Waals surface area contributed by atoms with Gasteiger partial charge < -0.3 is 4.74 Å². The summed E-state index contributed by atoms with van der Waals surface area (Å²) in [7, 11) is -2.39. The summed E-state index contributed by atoms with van der Waals surface area (Å²) in [6.45, 7) is 0. The number of amides is 1. The molecule has 0 saturated heterocycles. The summed E-state index contributed by atoms with van der Waals surface area (Å²) in [5.41, 5.74) is 0.190. The van der Waals surface area contributed by atoms with Gasteiger partial charge in [-0.15, -0.1) is 21.5 Å². The van der Waals surface area contributed by atoms with Crippen molar-refractivity contribution in [1.82, 2.24) is 14.9 Å². The van der Waals surface area contributed by atoms with E-state index in [1.165, 1.54) is 41.5 Å². The van der Waals surface area contributed by atoms with E-state index in [-0.39, 0.29) is 22.3 Å². The second-order valence-corrected chi connectivity index (χ2v) is 11.4. The van der Waals surface area contributed by atoms with Crippen molar-refractivity contribution < 1.29 is 17.9 Å². The van der Waals surface area contributed by atoms with Gasteiger partial charge in [-0.2, -0.15) is 0 Å². The number of anilines is 1. The highest BCUT2D eigenvalue weighted by molar-refractivity contribution is 8.00. The van der Waals surface area contributed by atoms with Crippen LogP contribution in [0.5, 0.6) is 5.75 Å². The van der Waals surface area contributed by atoms with Crippen LogP contribution in [0.2, 0.25) is 0 Å². The Morgan fingerprint density at radius 1 is 1.30 bits per heavy atom. The highest BCUT2D eigenvalue weighted by Crippen LogP contribution is 2.31. The van der Waals surface area contributed by atoms with E-state index >= 15 is 0 Å². The Hall–Kier alpha value is -1.99. The van der Waals surface area contributed by atoms with Gasteiger partial charge in [0.15, 0.2) is 4.34 Å². The number of carbonyl (C=O) groups excluding carboxylic acids is 1. The minimum Gasteiger partial charge on any atom is -0.495 e. The molecule has 0 atom stereocenters. The fourth-order valence-electron chi connectivity index (χ4n) is 2.53. The van der Waals surface area contributed by atoms with Gasteiger partial charge in [-0.3, -0.25) is 10.1 Å². The van der Waals surface area contributed by atoms with Crippen molar-refractivity contribution in [3.8, 4) is 5.75 Å². The Kier molecular flexibility index (Phi) is 6.39. The number of nitrogens with zero attached hydrogens (tertiary/aromatic N) is 2. The number of hydrogen-bond donors (Lipinski definition) is 2. The number of carbonyl (C=O) groups is 1. The smallest absolute Gasteiger partial charge is 0.257 e. The average Bonchev–Trinajstić information content (AvgIpc) is 3.19. The van der Waals surface area contributed by atoms with Crippen LogP contribution in [0.4, 0.5) is 5.13 Å². The maximum Gasteiger partial charge on any atom is 0.257 e. The SMILES string of the molecule is COc1ccc(C(=O)Nc2nnc(SCc3cccs3)s2)cc1S(=O)(=O)NC1CC1. The number of thiophene rings is 1. The molecule has 1 aliphatic carbocycles. The van der Waals surface area contributed by atoms with Crippen molar-refractivity contribution in [2.45, 2.75) is 33.9 Å². The van der Waals surface area contributed by atoms with Crippen molar-refractivity contribution in [2.24, 2.45) is 0 Å². The number of hydrogen-bond acceptors (Lipinski definition) is 9. The first-order valence-corrected chi connectivity index (χ1v) is 13.1. The van der Waals surface area contributed by atoms with E-state index in [1.54, 1.807) is 23.1 Å². The van der Waals surface area contributed by atoms with E-state index in [4.69, 9.17) is 4.74 Å². The van der Waals surface area contributed by atoms with Gasteiger partial charge in [0.25, 0.3) is 5.91 Å². The number of sulfonamides is 1. The lowest BCUT2D eigenvalue weighted by Gasteiger charge is -2.11. The molecule has 0 unspecified atom stereocenters. The molecule has 30 heavy (non-hydrogen) atoms. The van der Waals surface area contributed by atoms with Crippen molar-refractivity contribution >= 4 is 55.5 Å². The molecule has 1 amide bonds. The molecule has 8 nitrogen and oxygen atoms in total. The molecule has 158 valence electrons. The third-order valence-electron chi connectivity index (χ3n) is 4.16. The second-order valence-electron chi connectivity index (χ2n) is 6.46. The topological polar surface area (TPSA) is 110 Å². The van der Waals surface area contributed by atoms with Gasteiger partial charge in [0.1, 0.15) is 10.6 Å². The lowest BCUT2D eigenvalue weighted by atomic mass is 10.2. The number of aromatic nitrogens is 2. The van der Waals surface area contributed by atoms with Gasteiger partial charge in [0, 0.05) is 22.2 Å². The molecular weight excluding hydrogens is 464 g/mol. The van der Waals surface area contributed by atoms with Gasteiger partial charge in [-0.05, 0) is 42.5 Å². The molecule has 4 rings (SSSR count). The van der Waals surface area contributed by atoms with Gasteiger partial charge in [0.05, 0.1) is 7.11 Å². The van der Waals surface area contributed by atoms with Crippen LogP contribution in [0.3, 0.4) is 0 Å². The molecule has 2 aromatic heterocycles. The first-order valence-electron chi connectivity index (χ1n) is 8.95. The first kappa shape index (κ1) is 21.2. The molecular formula is C18H18N4O4S4. The summed E-state index contributed by atoms with van der Waals surface area (Å²) in [4.78, 5) is 13.8. The predicted octanol–water partition coefficient (Wildman–Crippen LogP) is 3.59. The summed E-state index contributed by atoms with van der Waals surface area (Å²) >= 11 is 4.49. The molecule has 3 aromatic rings. The summed E-state index contributed by atoms with van der Waals surface area (Å²) in [5.74, 6) is 0.503.